The standard InChI is InChI=1S/C17H20N2O2/c1-20-14-6-7-17-15(10-14)16(8-9-21-17)19-11-12-2-4-13(18)5-3-12/h2-7,10,16,19H,8-9,11,18H2,1H3. The summed E-state index contributed by atoms with van der Waals surface area (Å²) in [4.78, 5) is 0. The molecule has 0 bridgehead atoms. The summed E-state index contributed by atoms with van der Waals surface area (Å²) in [7, 11) is 1.68. The maximum atomic E-state index is 5.71. The normalized spacial score (nSPS) is 16.9. The summed E-state index contributed by atoms with van der Waals surface area (Å²) in [5.74, 6) is 1.80. The van der Waals surface area contributed by atoms with Crippen LogP contribution in [0.2, 0.25) is 0 Å². The van der Waals surface area contributed by atoms with Gasteiger partial charge in [-0.15, -0.1) is 0 Å². The Hall–Kier alpha value is -2.20. The van der Waals surface area contributed by atoms with Gasteiger partial charge in [0.25, 0.3) is 0 Å². The van der Waals surface area contributed by atoms with E-state index < -0.39 is 0 Å². The number of fused-ring (bicyclic) bond motifs is 1. The van der Waals surface area contributed by atoms with E-state index in [1.165, 1.54) is 5.56 Å². The number of hydrogen-bond acceptors (Lipinski definition) is 4. The van der Waals surface area contributed by atoms with Crippen molar-refractivity contribution in [1.82, 2.24) is 5.32 Å². The van der Waals surface area contributed by atoms with Crippen molar-refractivity contribution in [3.8, 4) is 11.5 Å². The van der Waals surface area contributed by atoms with Crippen molar-refractivity contribution < 1.29 is 9.47 Å². The van der Waals surface area contributed by atoms with Crippen molar-refractivity contribution in [3.05, 3.63) is 53.6 Å². The Labute approximate surface area is 124 Å². The Morgan fingerprint density at radius 1 is 1.24 bits per heavy atom. The van der Waals surface area contributed by atoms with E-state index in [0.29, 0.717) is 0 Å². The van der Waals surface area contributed by atoms with Crippen molar-refractivity contribution in [2.45, 2.75) is 19.0 Å². The summed E-state index contributed by atoms with van der Waals surface area (Å²) < 4.78 is 11.0. The quantitative estimate of drug-likeness (QED) is 0.848. The zero-order chi connectivity index (χ0) is 14.7. The molecular formula is C17H20N2O2. The number of anilines is 1. The lowest BCUT2D eigenvalue weighted by molar-refractivity contribution is 0.251. The van der Waals surface area contributed by atoms with Crippen molar-refractivity contribution in [3.63, 3.8) is 0 Å². The SMILES string of the molecule is COc1ccc2c(c1)C(NCc1ccc(N)cc1)CCO2. The summed E-state index contributed by atoms with van der Waals surface area (Å²) in [6, 6.07) is 14.2. The molecule has 4 nitrogen and oxygen atoms in total. The van der Waals surface area contributed by atoms with Crippen LogP contribution in [-0.4, -0.2) is 13.7 Å². The number of rotatable bonds is 4. The Morgan fingerprint density at radius 2 is 2.05 bits per heavy atom. The molecular weight excluding hydrogens is 264 g/mol. The minimum absolute atomic E-state index is 0.279. The maximum Gasteiger partial charge on any atom is 0.124 e. The zero-order valence-corrected chi connectivity index (χ0v) is 12.1. The van der Waals surface area contributed by atoms with Crippen molar-refractivity contribution in [1.29, 1.82) is 0 Å². The Kier molecular flexibility index (Phi) is 3.97. The third-order valence-electron chi connectivity index (χ3n) is 3.79. The minimum Gasteiger partial charge on any atom is -0.497 e. The molecule has 0 spiro atoms. The average molecular weight is 284 g/mol. The third kappa shape index (κ3) is 3.11. The van der Waals surface area contributed by atoms with E-state index in [4.69, 9.17) is 15.2 Å². The predicted molar refractivity (Wildman–Crippen MR) is 83.5 cm³/mol. The number of hydrogen-bond donors (Lipinski definition) is 2. The molecule has 1 unspecified atom stereocenters. The number of benzene rings is 2. The molecule has 2 aromatic rings. The van der Waals surface area contributed by atoms with E-state index in [2.05, 4.69) is 11.4 Å². The van der Waals surface area contributed by atoms with Gasteiger partial charge in [-0.25, -0.2) is 0 Å². The highest BCUT2D eigenvalue weighted by Crippen LogP contribution is 2.34. The zero-order valence-electron chi connectivity index (χ0n) is 12.1. The molecule has 1 heterocycles. The Morgan fingerprint density at radius 3 is 2.81 bits per heavy atom. The number of nitrogens with two attached hydrogens (primary N) is 1. The van der Waals surface area contributed by atoms with E-state index >= 15 is 0 Å². The fraction of sp³-hybridized carbons (Fsp3) is 0.294. The van der Waals surface area contributed by atoms with E-state index in [1.54, 1.807) is 7.11 Å². The first-order chi connectivity index (χ1) is 10.3. The van der Waals surface area contributed by atoms with Crippen molar-refractivity contribution >= 4 is 5.69 Å². The highest BCUT2D eigenvalue weighted by Gasteiger charge is 2.21. The van der Waals surface area contributed by atoms with E-state index in [9.17, 15) is 0 Å². The first-order valence-corrected chi connectivity index (χ1v) is 7.15. The highest BCUT2D eigenvalue weighted by molar-refractivity contribution is 5.43. The van der Waals surface area contributed by atoms with E-state index in [0.717, 1.165) is 42.3 Å². The van der Waals surface area contributed by atoms with Crippen LogP contribution in [0.15, 0.2) is 42.5 Å². The van der Waals surface area contributed by atoms with Crippen LogP contribution in [-0.2, 0) is 6.54 Å². The molecule has 1 aliphatic rings. The number of nitrogens with one attached hydrogen (secondary N) is 1. The average Bonchev–Trinajstić information content (AvgIpc) is 2.54. The molecule has 0 saturated heterocycles. The minimum atomic E-state index is 0.279. The molecule has 3 rings (SSSR count). The molecule has 2 aromatic carbocycles. The van der Waals surface area contributed by atoms with Gasteiger partial charge in [-0.1, -0.05) is 12.1 Å². The second-order valence-electron chi connectivity index (χ2n) is 5.22. The Balaban J connectivity index is 1.73. The number of methoxy groups -OCH3 is 1. The van der Waals surface area contributed by atoms with Gasteiger partial charge in [0.05, 0.1) is 13.7 Å². The lowest BCUT2D eigenvalue weighted by atomic mass is 10.00. The fourth-order valence-electron chi connectivity index (χ4n) is 2.59. The summed E-state index contributed by atoms with van der Waals surface area (Å²) in [6.07, 6.45) is 0.954. The van der Waals surface area contributed by atoms with Gasteiger partial charge < -0.3 is 20.5 Å². The molecule has 1 aliphatic heterocycles. The lowest BCUT2D eigenvalue weighted by Crippen LogP contribution is -2.26. The largest absolute Gasteiger partial charge is 0.497 e. The Bertz CT molecular complexity index is 611. The van der Waals surface area contributed by atoms with Crippen LogP contribution in [0.3, 0.4) is 0 Å². The lowest BCUT2D eigenvalue weighted by Gasteiger charge is -2.27. The van der Waals surface area contributed by atoms with Gasteiger partial charge in [0, 0.05) is 30.3 Å². The monoisotopic (exact) mass is 284 g/mol. The van der Waals surface area contributed by atoms with Crippen LogP contribution < -0.4 is 20.5 Å². The first-order valence-electron chi connectivity index (χ1n) is 7.15. The van der Waals surface area contributed by atoms with Gasteiger partial charge >= 0.3 is 0 Å². The molecule has 0 fully saturated rings. The van der Waals surface area contributed by atoms with Crippen LogP contribution in [0.1, 0.15) is 23.6 Å². The molecule has 0 amide bonds. The smallest absolute Gasteiger partial charge is 0.124 e. The van der Waals surface area contributed by atoms with Gasteiger partial charge in [-0.05, 0) is 35.9 Å². The summed E-state index contributed by atoms with van der Waals surface area (Å²) in [6.45, 7) is 1.54. The number of ether oxygens (including phenoxy) is 2. The van der Waals surface area contributed by atoms with Crippen LogP contribution in [0.5, 0.6) is 11.5 Å². The summed E-state index contributed by atoms with van der Waals surface area (Å²) in [5, 5.41) is 3.59. The topological polar surface area (TPSA) is 56.5 Å². The molecule has 0 saturated carbocycles. The van der Waals surface area contributed by atoms with Crippen LogP contribution in [0, 0.1) is 0 Å². The molecule has 4 heteroatoms. The highest BCUT2D eigenvalue weighted by atomic mass is 16.5. The van der Waals surface area contributed by atoms with Gasteiger partial charge in [0.15, 0.2) is 0 Å². The summed E-state index contributed by atoms with van der Waals surface area (Å²) in [5.41, 5.74) is 8.89. The van der Waals surface area contributed by atoms with E-state index in [1.807, 2.05) is 36.4 Å². The van der Waals surface area contributed by atoms with Crippen LogP contribution >= 0.6 is 0 Å². The van der Waals surface area contributed by atoms with Gasteiger partial charge in [-0.3, -0.25) is 0 Å². The molecule has 0 radical (unpaired) electrons. The van der Waals surface area contributed by atoms with Crippen LogP contribution in [0.4, 0.5) is 5.69 Å². The second kappa shape index (κ2) is 6.06. The molecule has 3 N–H and O–H groups in total. The van der Waals surface area contributed by atoms with Gasteiger partial charge in [0.1, 0.15) is 11.5 Å². The van der Waals surface area contributed by atoms with Crippen LogP contribution in [0.25, 0.3) is 0 Å². The fourth-order valence-corrected chi connectivity index (χ4v) is 2.59. The van der Waals surface area contributed by atoms with Crippen molar-refractivity contribution in [2.75, 3.05) is 19.5 Å². The number of nitrogen functional groups attached to an aromatic ring is 1. The molecule has 1 atom stereocenters. The van der Waals surface area contributed by atoms with E-state index in [-0.39, 0.29) is 6.04 Å². The molecule has 110 valence electrons. The van der Waals surface area contributed by atoms with Gasteiger partial charge in [-0.2, -0.15) is 0 Å². The molecule has 0 aliphatic carbocycles. The second-order valence-corrected chi connectivity index (χ2v) is 5.22. The molecule has 0 aromatic heterocycles. The summed E-state index contributed by atoms with van der Waals surface area (Å²) >= 11 is 0. The van der Waals surface area contributed by atoms with Gasteiger partial charge in [0.2, 0.25) is 0 Å². The first kappa shape index (κ1) is 13.8. The third-order valence-corrected chi connectivity index (χ3v) is 3.79. The van der Waals surface area contributed by atoms with Crippen molar-refractivity contribution in [2.24, 2.45) is 0 Å². The maximum absolute atomic E-state index is 5.71. The molecule has 21 heavy (non-hydrogen) atoms. The predicted octanol–water partition coefficient (Wildman–Crippen LogP) is 2.89.